The zero-order valence-electron chi connectivity index (χ0n) is 17.4. The lowest BCUT2D eigenvalue weighted by Crippen LogP contribution is -1.73. The Bertz CT molecular complexity index is 531. The van der Waals surface area contributed by atoms with Gasteiger partial charge in [-0.1, -0.05) is 134 Å². The number of fused-ring (bicyclic) bond motifs is 1. The normalized spacial score (nSPS) is 8.12. The van der Waals surface area contributed by atoms with Crippen LogP contribution < -0.4 is 0 Å². The lowest BCUT2D eigenvalue weighted by Gasteiger charge is -1.92. The first-order chi connectivity index (χ1) is 12.3. The van der Waals surface area contributed by atoms with Crippen LogP contribution in [0.5, 0.6) is 0 Å². The van der Waals surface area contributed by atoms with Crippen LogP contribution in [0.3, 0.4) is 0 Å². The fraction of sp³-hybridized carbons (Fsp3) is 0.360. The highest BCUT2D eigenvalue weighted by molar-refractivity contribution is 5.81. The average Bonchev–Trinajstić information content (AvgIpc) is 2.73. The molecule has 25 heavy (non-hydrogen) atoms. The largest absolute Gasteiger partial charge is 0.0683 e. The first-order valence-electron chi connectivity index (χ1n) is 9.79. The zero-order valence-corrected chi connectivity index (χ0v) is 17.4. The summed E-state index contributed by atoms with van der Waals surface area (Å²) in [5.41, 5.74) is 1.41. The van der Waals surface area contributed by atoms with Gasteiger partial charge < -0.3 is 0 Å². The van der Waals surface area contributed by atoms with Gasteiger partial charge in [-0.15, -0.1) is 0 Å². The molecular formula is C25H38. The molecule has 3 aromatic rings. The molecule has 0 bridgehead atoms. The van der Waals surface area contributed by atoms with Crippen molar-refractivity contribution in [3.8, 4) is 0 Å². The summed E-state index contributed by atoms with van der Waals surface area (Å²) in [4.78, 5) is 0. The van der Waals surface area contributed by atoms with Gasteiger partial charge in [0.2, 0.25) is 0 Å². The summed E-state index contributed by atoms with van der Waals surface area (Å²) in [5.74, 6) is 0. The van der Waals surface area contributed by atoms with E-state index in [1.165, 1.54) is 22.8 Å². The Balaban J connectivity index is 0. The molecule has 3 rings (SSSR count). The number of aryl methyl sites for hydroxylation is 1. The van der Waals surface area contributed by atoms with Crippen molar-refractivity contribution in [3.63, 3.8) is 0 Å². The highest BCUT2D eigenvalue weighted by Gasteiger charge is 1.85. The first-order valence-corrected chi connectivity index (χ1v) is 9.79. The van der Waals surface area contributed by atoms with Crippen molar-refractivity contribution < 1.29 is 0 Å². The Kier molecular flexibility index (Phi) is 20.1. The quantitative estimate of drug-likeness (QED) is 0.417. The van der Waals surface area contributed by atoms with Gasteiger partial charge in [0.1, 0.15) is 0 Å². The predicted molar refractivity (Wildman–Crippen MR) is 118 cm³/mol. The van der Waals surface area contributed by atoms with Crippen LogP contribution in [0.15, 0.2) is 78.9 Å². The van der Waals surface area contributed by atoms with Crippen molar-refractivity contribution in [2.45, 2.75) is 61.3 Å². The van der Waals surface area contributed by atoms with E-state index in [4.69, 9.17) is 0 Å². The summed E-state index contributed by atoms with van der Waals surface area (Å²) in [7, 11) is 0. The van der Waals surface area contributed by atoms with Gasteiger partial charge in [-0.05, 0) is 22.8 Å². The summed E-state index contributed by atoms with van der Waals surface area (Å²) >= 11 is 0. The van der Waals surface area contributed by atoms with E-state index in [1.807, 2.05) is 33.8 Å². The molecule has 0 amide bonds. The summed E-state index contributed by atoms with van der Waals surface area (Å²) in [5, 5.41) is 2.62. The Morgan fingerprint density at radius 1 is 0.480 bits per heavy atom. The fourth-order valence-corrected chi connectivity index (χ4v) is 1.85. The molecule has 0 nitrogen and oxygen atoms in total. The maximum absolute atomic E-state index is 2.16. The van der Waals surface area contributed by atoms with Gasteiger partial charge in [0.05, 0.1) is 0 Å². The molecule has 0 aliphatic heterocycles. The van der Waals surface area contributed by atoms with Crippen molar-refractivity contribution in [1.29, 1.82) is 0 Å². The minimum Gasteiger partial charge on any atom is -0.0683 e. The summed E-state index contributed by atoms with van der Waals surface area (Å²) in [6.45, 7) is 14.4. The molecule has 0 aliphatic carbocycles. The molecular weight excluding hydrogens is 300 g/mol. The second-order valence-corrected chi connectivity index (χ2v) is 4.89. The summed E-state index contributed by atoms with van der Waals surface area (Å²) in [6.07, 6.45) is 2.39. The number of hydrogen-bond donors (Lipinski definition) is 0. The molecule has 138 valence electrons. The van der Waals surface area contributed by atoms with Crippen molar-refractivity contribution in [3.05, 3.63) is 84.4 Å². The summed E-state index contributed by atoms with van der Waals surface area (Å²) < 4.78 is 0. The van der Waals surface area contributed by atoms with Crippen LogP contribution in [-0.2, 0) is 6.42 Å². The maximum atomic E-state index is 2.16. The third-order valence-corrected chi connectivity index (χ3v) is 2.91. The molecule has 0 N–H and O–H groups in total. The Morgan fingerprint density at radius 2 is 0.760 bits per heavy atom. The second-order valence-electron chi connectivity index (χ2n) is 4.89. The van der Waals surface area contributed by atoms with Crippen molar-refractivity contribution >= 4 is 10.8 Å². The number of hydrogen-bond acceptors (Lipinski definition) is 0. The predicted octanol–water partition coefficient (Wildman–Crippen LogP) is 8.56. The van der Waals surface area contributed by atoms with E-state index in [-0.39, 0.29) is 0 Å². The van der Waals surface area contributed by atoms with Gasteiger partial charge in [0.15, 0.2) is 0 Å². The summed E-state index contributed by atoms with van der Waals surface area (Å²) in [6, 6.07) is 27.2. The second kappa shape index (κ2) is 20.0. The van der Waals surface area contributed by atoms with Crippen LogP contribution in [0.25, 0.3) is 10.8 Å². The van der Waals surface area contributed by atoms with Gasteiger partial charge in [-0.25, -0.2) is 0 Å². The van der Waals surface area contributed by atoms with Crippen LogP contribution in [0.2, 0.25) is 0 Å². The Labute approximate surface area is 156 Å². The minimum absolute atomic E-state index is 1.14. The van der Waals surface area contributed by atoms with Crippen molar-refractivity contribution in [1.82, 2.24) is 0 Å². The molecule has 0 heteroatoms. The number of rotatable bonds is 1. The molecule has 0 aliphatic rings. The Hall–Kier alpha value is -2.08. The standard InChI is InChI=1S/C10H8.C8H10.C3H8.2C2H6/c1-2-6-10-8-4-3-7-9(10)5-1;1-2-8-6-4-3-5-7-8;1-3-2;2*1-2/h1-8H;3-7H,2H2,1H3;3H2,1-2H3;2*1-2H3. The van der Waals surface area contributed by atoms with Crippen LogP contribution in [-0.4, -0.2) is 0 Å². The van der Waals surface area contributed by atoms with Crippen LogP contribution in [0.1, 0.15) is 60.5 Å². The molecule has 0 saturated carbocycles. The third-order valence-electron chi connectivity index (χ3n) is 2.91. The van der Waals surface area contributed by atoms with E-state index in [1.54, 1.807) is 0 Å². The van der Waals surface area contributed by atoms with E-state index in [0.29, 0.717) is 0 Å². The van der Waals surface area contributed by atoms with Gasteiger partial charge in [0, 0.05) is 0 Å². The van der Waals surface area contributed by atoms with Gasteiger partial charge in [-0.3, -0.25) is 0 Å². The highest BCUT2D eigenvalue weighted by atomic mass is 13.9. The monoisotopic (exact) mass is 338 g/mol. The molecule has 3 aromatic carbocycles. The molecule has 0 fully saturated rings. The zero-order chi connectivity index (χ0) is 19.3. The smallest absolute Gasteiger partial charge is 0.0184 e. The number of benzene rings is 3. The highest BCUT2D eigenvalue weighted by Crippen LogP contribution is 2.11. The molecule has 0 atom stereocenters. The van der Waals surface area contributed by atoms with E-state index in [0.717, 1.165) is 6.42 Å². The van der Waals surface area contributed by atoms with E-state index >= 15 is 0 Å². The minimum atomic E-state index is 1.14. The lowest BCUT2D eigenvalue weighted by molar-refractivity contribution is 1.09. The van der Waals surface area contributed by atoms with Crippen LogP contribution in [0.4, 0.5) is 0 Å². The van der Waals surface area contributed by atoms with E-state index < -0.39 is 0 Å². The molecule has 0 heterocycles. The topological polar surface area (TPSA) is 0 Å². The van der Waals surface area contributed by atoms with Gasteiger partial charge >= 0.3 is 0 Å². The molecule has 0 saturated heterocycles. The van der Waals surface area contributed by atoms with Crippen molar-refractivity contribution in [2.24, 2.45) is 0 Å². The van der Waals surface area contributed by atoms with Crippen LogP contribution >= 0.6 is 0 Å². The third kappa shape index (κ3) is 12.9. The fourth-order valence-electron chi connectivity index (χ4n) is 1.85. The van der Waals surface area contributed by atoms with Crippen LogP contribution in [0, 0.1) is 0 Å². The lowest BCUT2D eigenvalue weighted by atomic mass is 10.1. The average molecular weight is 339 g/mol. The van der Waals surface area contributed by atoms with Crippen molar-refractivity contribution in [2.75, 3.05) is 0 Å². The van der Waals surface area contributed by atoms with Gasteiger partial charge in [-0.2, -0.15) is 0 Å². The molecule has 0 radical (unpaired) electrons. The molecule has 0 unspecified atom stereocenters. The SMILES string of the molecule is CC.CC.CCC.CCc1ccccc1.c1ccc2ccccc2c1. The van der Waals surface area contributed by atoms with E-state index in [9.17, 15) is 0 Å². The Morgan fingerprint density at radius 3 is 1.00 bits per heavy atom. The maximum Gasteiger partial charge on any atom is -0.0184 e. The van der Waals surface area contributed by atoms with E-state index in [2.05, 4.69) is 93.6 Å². The molecule has 0 aromatic heterocycles. The first kappa shape index (κ1) is 25.2. The van der Waals surface area contributed by atoms with Gasteiger partial charge in [0.25, 0.3) is 0 Å². The molecule has 0 spiro atoms.